The molecule has 0 bridgehead atoms. The van der Waals surface area contributed by atoms with Crippen LogP contribution in [0.2, 0.25) is 5.02 Å². The Hall–Kier alpha value is -4.37. The number of primary amides is 1. The molecule has 3 aromatic carbocycles. The highest BCUT2D eigenvalue weighted by molar-refractivity contribution is 6.31. The summed E-state index contributed by atoms with van der Waals surface area (Å²) in [6.07, 6.45) is 1.42. The summed E-state index contributed by atoms with van der Waals surface area (Å²) < 4.78 is 18.1. The maximum atomic E-state index is 13.8. The lowest BCUT2D eigenvalue weighted by atomic mass is 9.96. The van der Waals surface area contributed by atoms with Crippen molar-refractivity contribution in [1.29, 1.82) is 0 Å². The number of carbonyl (C=O) groups excluding carboxylic acids is 1. The van der Waals surface area contributed by atoms with Gasteiger partial charge < -0.3 is 19.9 Å². The van der Waals surface area contributed by atoms with Crippen molar-refractivity contribution in [2.45, 2.75) is 33.6 Å². The van der Waals surface area contributed by atoms with Crippen molar-refractivity contribution in [3.63, 3.8) is 0 Å². The van der Waals surface area contributed by atoms with E-state index in [1.165, 1.54) is 18.0 Å². The first kappa shape index (κ1) is 28.6. The van der Waals surface area contributed by atoms with Gasteiger partial charge in [0.1, 0.15) is 5.75 Å². The number of aromatic nitrogens is 2. The fourth-order valence-corrected chi connectivity index (χ4v) is 4.55. The van der Waals surface area contributed by atoms with Crippen LogP contribution in [0.4, 0.5) is 0 Å². The Morgan fingerprint density at radius 2 is 1.90 bits per heavy atom. The van der Waals surface area contributed by atoms with Crippen LogP contribution >= 0.6 is 11.6 Å². The number of carbonyl (C=O) groups is 1. The second-order valence-corrected chi connectivity index (χ2v) is 9.82. The van der Waals surface area contributed by atoms with Crippen molar-refractivity contribution < 1.29 is 19.0 Å². The predicted molar refractivity (Wildman–Crippen MR) is 157 cm³/mol. The van der Waals surface area contributed by atoms with Gasteiger partial charge in [-0.05, 0) is 61.2 Å². The Balaban J connectivity index is 1.97. The Morgan fingerprint density at radius 3 is 2.58 bits per heavy atom. The molecular formula is C30H31ClN4O5. The van der Waals surface area contributed by atoms with Crippen molar-refractivity contribution in [2.75, 3.05) is 20.3 Å². The molecule has 0 aliphatic rings. The molecule has 9 nitrogen and oxygen atoms in total. The third-order valence-corrected chi connectivity index (χ3v) is 6.43. The van der Waals surface area contributed by atoms with Crippen LogP contribution in [0.15, 0.2) is 58.4 Å². The lowest BCUT2D eigenvalue weighted by Crippen LogP contribution is -2.21. The molecule has 0 atom stereocenters. The minimum Gasteiger partial charge on any atom is -0.494 e. The van der Waals surface area contributed by atoms with E-state index in [9.17, 15) is 9.59 Å². The number of hydrogen-bond donors (Lipinski definition) is 1. The van der Waals surface area contributed by atoms with Crippen molar-refractivity contribution in [1.82, 2.24) is 9.66 Å². The monoisotopic (exact) mass is 562 g/mol. The van der Waals surface area contributed by atoms with Gasteiger partial charge in [0.15, 0.2) is 23.9 Å². The molecule has 40 heavy (non-hydrogen) atoms. The van der Waals surface area contributed by atoms with E-state index < -0.39 is 5.91 Å². The number of benzene rings is 3. The Labute approximate surface area is 237 Å². The maximum absolute atomic E-state index is 13.8. The molecule has 1 heterocycles. The molecule has 4 aromatic rings. The number of rotatable bonds is 10. The summed E-state index contributed by atoms with van der Waals surface area (Å²) >= 11 is 6.31. The molecule has 1 amide bonds. The van der Waals surface area contributed by atoms with E-state index in [4.69, 9.17) is 36.5 Å². The molecule has 0 saturated heterocycles. The van der Waals surface area contributed by atoms with Gasteiger partial charge in [0, 0.05) is 22.2 Å². The van der Waals surface area contributed by atoms with Crippen LogP contribution in [0, 0.1) is 6.92 Å². The van der Waals surface area contributed by atoms with Gasteiger partial charge in [0.25, 0.3) is 11.5 Å². The number of nitrogens with two attached hydrogens (primary N) is 1. The van der Waals surface area contributed by atoms with E-state index in [-0.39, 0.29) is 29.6 Å². The van der Waals surface area contributed by atoms with Gasteiger partial charge in [-0.2, -0.15) is 9.78 Å². The van der Waals surface area contributed by atoms with Crippen LogP contribution < -0.4 is 25.5 Å². The second kappa shape index (κ2) is 12.2. The van der Waals surface area contributed by atoms with E-state index in [1.54, 1.807) is 30.3 Å². The number of methoxy groups -OCH3 is 1. The first-order valence-electron chi connectivity index (χ1n) is 12.8. The number of halogens is 1. The molecule has 0 spiro atoms. The summed E-state index contributed by atoms with van der Waals surface area (Å²) in [4.78, 5) is 30.0. The fourth-order valence-electron chi connectivity index (χ4n) is 4.33. The van der Waals surface area contributed by atoms with Crippen LogP contribution in [-0.4, -0.2) is 42.1 Å². The number of aryl methyl sites for hydroxylation is 1. The lowest BCUT2D eigenvalue weighted by molar-refractivity contribution is -0.119. The minimum absolute atomic E-state index is 0.161. The molecule has 0 radical (unpaired) electrons. The largest absolute Gasteiger partial charge is 0.494 e. The average Bonchev–Trinajstić information content (AvgIpc) is 2.91. The summed E-state index contributed by atoms with van der Waals surface area (Å²) in [5, 5.41) is 5.31. The number of para-hydroxylation sites is 1. The lowest BCUT2D eigenvalue weighted by Gasteiger charge is -2.18. The molecule has 4 rings (SSSR count). The van der Waals surface area contributed by atoms with Gasteiger partial charge in [-0.3, -0.25) is 9.59 Å². The topological polar surface area (TPSA) is 118 Å². The Morgan fingerprint density at radius 1 is 1.15 bits per heavy atom. The highest BCUT2D eigenvalue weighted by Gasteiger charge is 2.19. The molecule has 1 aromatic heterocycles. The van der Waals surface area contributed by atoms with Crippen molar-refractivity contribution in [3.05, 3.63) is 80.6 Å². The summed E-state index contributed by atoms with van der Waals surface area (Å²) in [6.45, 7) is 8.19. The number of hydrogen-bond acceptors (Lipinski definition) is 7. The van der Waals surface area contributed by atoms with Gasteiger partial charge in [-0.25, -0.2) is 4.98 Å². The number of amides is 1. The quantitative estimate of drug-likeness (QED) is 0.262. The summed E-state index contributed by atoms with van der Waals surface area (Å²) in [5.41, 5.74) is 8.44. The third-order valence-electron chi connectivity index (χ3n) is 6.21. The SMILES string of the molecule is CCOc1cc(C)c(-c2nc3ccccc3c(=O)n2N=Cc2cc(Cl)cc(OC)c2OCC(N)=O)cc1C(C)C. The van der Waals surface area contributed by atoms with Crippen LogP contribution in [0.25, 0.3) is 22.3 Å². The zero-order chi connectivity index (χ0) is 29.0. The zero-order valence-electron chi connectivity index (χ0n) is 23.0. The Kier molecular flexibility index (Phi) is 8.74. The average molecular weight is 563 g/mol. The molecule has 2 N–H and O–H groups in total. The first-order valence-corrected chi connectivity index (χ1v) is 13.1. The number of ether oxygens (including phenoxy) is 3. The molecular weight excluding hydrogens is 532 g/mol. The normalized spacial score (nSPS) is 11.4. The van der Waals surface area contributed by atoms with Crippen molar-refractivity contribution >= 4 is 34.6 Å². The van der Waals surface area contributed by atoms with Gasteiger partial charge in [-0.1, -0.05) is 37.6 Å². The molecule has 0 aliphatic carbocycles. The number of fused-ring (bicyclic) bond motifs is 1. The standard InChI is InChI=1S/C30H31ClN4O5/c1-6-39-25-11-18(4)23(14-22(25)17(2)3)29-34-24-10-8-7-9-21(24)30(37)35(29)33-15-19-12-20(31)13-26(38-5)28(19)40-16-27(32)36/h7-15,17H,6,16H2,1-5H3,(H2,32,36). The van der Waals surface area contributed by atoms with Crippen LogP contribution in [0.3, 0.4) is 0 Å². The minimum atomic E-state index is -0.663. The van der Waals surface area contributed by atoms with Crippen LogP contribution in [-0.2, 0) is 4.79 Å². The van der Waals surface area contributed by atoms with E-state index in [0.29, 0.717) is 33.9 Å². The zero-order valence-corrected chi connectivity index (χ0v) is 23.8. The van der Waals surface area contributed by atoms with Crippen LogP contribution in [0.5, 0.6) is 17.2 Å². The summed E-state index contributed by atoms with van der Waals surface area (Å²) in [6, 6.07) is 14.2. The molecule has 0 unspecified atom stereocenters. The van der Waals surface area contributed by atoms with Gasteiger partial charge in [-0.15, -0.1) is 0 Å². The molecule has 0 fully saturated rings. The highest BCUT2D eigenvalue weighted by Crippen LogP contribution is 2.35. The van der Waals surface area contributed by atoms with Crippen molar-refractivity contribution in [3.8, 4) is 28.6 Å². The maximum Gasteiger partial charge on any atom is 0.282 e. The predicted octanol–water partition coefficient (Wildman–Crippen LogP) is 5.30. The van der Waals surface area contributed by atoms with E-state index in [2.05, 4.69) is 18.9 Å². The summed E-state index contributed by atoms with van der Waals surface area (Å²) in [5.74, 6) is 1.13. The van der Waals surface area contributed by atoms with Crippen molar-refractivity contribution in [2.24, 2.45) is 10.8 Å². The summed E-state index contributed by atoms with van der Waals surface area (Å²) in [7, 11) is 1.45. The molecule has 0 saturated carbocycles. The molecule has 10 heteroatoms. The molecule has 208 valence electrons. The smallest absolute Gasteiger partial charge is 0.282 e. The number of nitrogens with zero attached hydrogens (tertiary/aromatic N) is 3. The van der Waals surface area contributed by atoms with E-state index >= 15 is 0 Å². The van der Waals surface area contributed by atoms with Gasteiger partial charge >= 0.3 is 0 Å². The van der Waals surface area contributed by atoms with Gasteiger partial charge in [0.05, 0.1) is 30.8 Å². The van der Waals surface area contributed by atoms with Crippen LogP contribution in [0.1, 0.15) is 43.4 Å². The highest BCUT2D eigenvalue weighted by atomic mass is 35.5. The fraction of sp³-hybridized carbons (Fsp3) is 0.267. The second-order valence-electron chi connectivity index (χ2n) is 9.39. The third kappa shape index (κ3) is 5.94. The first-order chi connectivity index (χ1) is 19.1. The van der Waals surface area contributed by atoms with Gasteiger partial charge in [0.2, 0.25) is 0 Å². The van der Waals surface area contributed by atoms with E-state index in [1.807, 2.05) is 32.0 Å². The van der Waals surface area contributed by atoms with E-state index in [0.717, 1.165) is 22.4 Å². The molecule has 0 aliphatic heterocycles. The Bertz CT molecular complexity index is 1660.